The monoisotopic (exact) mass is 300 g/mol. The molecule has 0 amide bonds. The first kappa shape index (κ1) is 14.5. The van der Waals surface area contributed by atoms with Crippen molar-refractivity contribution < 1.29 is 8.42 Å². The lowest BCUT2D eigenvalue weighted by Gasteiger charge is -2.23. The smallest absolute Gasteiger partial charge is 0.243 e. The molecule has 0 bridgehead atoms. The first-order valence-corrected chi connectivity index (χ1v) is 7.95. The van der Waals surface area contributed by atoms with Gasteiger partial charge in [-0.05, 0) is 37.2 Å². The normalized spacial score (nSPS) is 16.7. The molecule has 0 radical (unpaired) electrons. The molecule has 2 rings (SSSR count). The van der Waals surface area contributed by atoms with Crippen LogP contribution in [0.15, 0.2) is 35.2 Å². The summed E-state index contributed by atoms with van der Waals surface area (Å²) >= 11 is 6.05. The van der Waals surface area contributed by atoms with Crippen molar-refractivity contribution >= 4 is 21.6 Å². The number of hydrogen-bond donors (Lipinski definition) is 1. The lowest BCUT2D eigenvalue weighted by molar-refractivity contribution is 0.437. The molecule has 104 valence electrons. The van der Waals surface area contributed by atoms with Gasteiger partial charge in [0.15, 0.2) is 0 Å². The van der Waals surface area contributed by atoms with E-state index in [-0.39, 0.29) is 0 Å². The van der Waals surface area contributed by atoms with E-state index in [2.05, 4.69) is 5.32 Å². The molecule has 1 aliphatic rings. The first-order chi connectivity index (χ1) is 9.05. The lowest BCUT2D eigenvalue weighted by Crippen LogP contribution is -2.33. The molecule has 0 atom stereocenters. The van der Waals surface area contributed by atoms with Crippen molar-refractivity contribution in [3.05, 3.63) is 40.9 Å². The van der Waals surface area contributed by atoms with E-state index in [1.807, 2.05) is 12.2 Å². The average molecular weight is 301 g/mol. The molecule has 1 aromatic rings. The molecule has 1 aliphatic heterocycles. The molecule has 19 heavy (non-hydrogen) atoms. The Balaban J connectivity index is 2.34. The highest BCUT2D eigenvalue weighted by Gasteiger charge is 2.24. The quantitative estimate of drug-likeness (QED) is 0.866. The summed E-state index contributed by atoms with van der Waals surface area (Å²) in [7, 11) is -1.63. The Labute approximate surface area is 119 Å². The van der Waals surface area contributed by atoms with E-state index in [1.165, 1.54) is 4.31 Å². The second-order valence-corrected chi connectivity index (χ2v) is 6.75. The van der Waals surface area contributed by atoms with E-state index < -0.39 is 10.0 Å². The summed E-state index contributed by atoms with van der Waals surface area (Å²) in [4.78, 5) is 0.303. The molecular weight excluding hydrogens is 284 g/mol. The number of hydrogen-bond acceptors (Lipinski definition) is 3. The van der Waals surface area contributed by atoms with Crippen LogP contribution in [0.1, 0.15) is 12.0 Å². The Morgan fingerprint density at radius 1 is 1.37 bits per heavy atom. The molecule has 4 nitrogen and oxygen atoms in total. The number of sulfonamides is 1. The van der Waals surface area contributed by atoms with Crippen LogP contribution in [0.5, 0.6) is 0 Å². The van der Waals surface area contributed by atoms with Gasteiger partial charge in [0.05, 0.1) is 4.90 Å². The molecule has 0 aliphatic carbocycles. The van der Waals surface area contributed by atoms with Gasteiger partial charge in [-0.1, -0.05) is 23.8 Å². The van der Waals surface area contributed by atoms with Crippen LogP contribution in [-0.4, -0.2) is 32.9 Å². The Bertz CT molecular complexity index is 584. The number of halogens is 1. The maximum absolute atomic E-state index is 12.5. The van der Waals surface area contributed by atoms with E-state index >= 15 is 0 Å². The highest BCUT2D eigenvalue weighted by molar-refractivity contribution is 7.89. The molecule has 6 heteroatoms. The van der Waals surface area contributed by atoms with Gasteiger partial charge in [-0.25, -0.2) is 8.42 Å². The highest BCUT2D eigenvalue weighted by atomic mass is 35.5. The summed E-state index contributed by atoms with van der Waals surface area (Å²) in [5.74, 6) is 0. The van der Waals surface area contributed by atoms with Crippen LogP contribution in [-0.2, 0) is 16.6 Å². The Kier molecular flexibility index (Phi) is 4.62. The van der Waals surface area contributed by atoms with Gasteiger partial charge in [0.1, 0.15) is 0 Å². The van der Waals surface area contributed by atoms with E-state index in [9.17, 15) is 8.42 Å². The molecular formula is C13H17ClN2O2S. The zero-order valence-corrected chi connectivity index (χ0v) is 12.3. The fraction of sp³-hybridized carbons (Fsp3) is 0.385. The van der Waals surface area contributed by atoms with Gasteiger partial charge in [0.25, 0.3) is 0 Å². The van der Waals surface area contributed by atoms with Crippen LogP contribution in [0.2, 0.25) is 5.02 Å². The van der Waals surface area contributed by atoms with Gasteiger partial charge in [-0.2, -0.15) is 4.31 Å². The van der Waals surface area contributed by atoms with Crippen molar-refractivity contribution in [3.8, 4) is 0 Å². The fourth-order valence-corrected chi connectivity index (χ4v) is 3.67. The minimum atomic E-state index is -3.42. The molecule has 1 aromatic carbocycles. The summed E-state index contributed by atoms with van der Waals surface area (Å²) in [5, 5.41) is 3.55. The Hall–Kier alpha value is -0.880. The molecule has 0 spiro atoms. The predicted molar refractivity (Wildman–Crippen MR) is 76.7 cm³/mol. The third kappa shape index (κ3) is 3.17. The van der Waals surface area contributed by atoms with E-state index in [1.54, 1.807) is 25.2 Å². The van der Waals surface area contributed by atoms with Gasteiger partial charge < -0.3 is 5.32 Å². The van der Waals surface area contributed by atoms with Gasteiger partial charge >= 0.3 is 0 Å². The van der Waals surface area contributed by atoms with Gasteiger partial charge in [0, 0.05) is 24.7 Å². The minimum absolute atomic E-state index is 0.303. The van der Waals surface area contributed by atoms with Gasteiger partial charge in [0.2, 0.25) is 10.0 Å². The summed E-state index contributed by atoms with van der Waals surface area (Å²) < 4.78 is 26.5. The van der Waals surface area contributed by atoms with Crippen LogP contribution in [0.25, 0.3) is 0 Å². The van der Waals surface area contributed by atoms with Crippen molar-refractivity contribution in [1.29, 1.82) is 0 Å². The summed E-state index contributed by atoms with van der Waals surface area (Å²) in [6, 6.07) is 4.85. The molecule has 0 aromatic heterocycles. The highest BCUT2D eigenvalue weighted by Crippen LogP contribution is 2.23. The fourth-order valence-electron chi connectivity index (χ4n) is 2.02. The zero-order valence-electron chi connectivity index (χ0n) is 10.8. The van der Waals surface area contributed by atoms with E-state index in [4.69, 9.17) is 11.6 Å². The second-order valence-electron chi connectivity index (χ2n) is 4.41. The van der Waals surface area contributed by atoms with Crippen molar-refractivity contribution in [2.24, 2.45) is 0 Å². The predicted octanol–water partition coefficient (Wildman–Crippen LogP) is 2.01. The standard InChI is InChI=1S/C13H17ClN2O2S/c1-15-10-11-9-12(5-6-13(11)14)19(17,18)16-7-3-2-4-8-16/h2-3,5-6,9,15H,4,7-8,10H2,1H3. The third-order valence-corrected chi connectivity index (χ3v) is 5.27. The van der Waals surface area contributed by atoms with Crippen LogP contribution >= 0.6 is 11.6 Å². The topological polar surface area (TPSA) is 49.4 Å². The van der Waals surface area contributed by atoms with Crippen LogP contribution in [0.3, 0.4) is 0 Å². The van der Waals surface area contributed by atoms with E-state index in [0.717, 1.165) is 12.0 Å². The van der Waals surface area contributed by atoms with Crippen LogP contribution < -0.4 is 5.32 Å². The molecule has 0 unspecified atom stereocenters. The largest absolute Gasteiger partial charge is 0.316 e. The molecule has 0 saturated carbocycles. The number of nitrogens with zero attached hydrogens (tertiary/aromatic N) is 1. The molecule has 0 saturated heterocycles. The summed E-state index contributed by atoms with van der Waals surface area (Å²) in [6.07, 6.45) is 4.64. The number of benzene rings is 1. The van der Waals surface area contributed by atoms with Crippen molar-refractivity contribution in [2.75, 3.05) is 20.1 Å². The molecule has 0 fully saturated rings. The van der Waals surface area contributed by atoms with Gasteiger partial charge in [-0.15, -0.1) is 0 Å². The van der Waals surface area contributed by atoms with Crippen LogP contribution in [0.4, 0.5) is 0 Å². The summed E-state index contributed by atoms with van der Waals surface area (Å²) in [6.45, 7) is 1.51. The second kappa shape index (κ2) is 6.05. The van der Waals surface area contributed by atoms with Gasteiger partial charge in [-0.3, -0.25) is 0 Å². The Morgan fingerprint density at radius 2 is 2.16 bits per heavy atom. The maximum atomic E-state index is 12.5. The Morgan fingerprint density at radius 3 is 2.79 bits per heavy atom. The molecule has 1 heterocycles. The minimum Gasteiger partial charge on any atom is -0.316 e. The van der Waals surface area contributed by atoms with Crippen LogP contribution in [0, 0.1) is 0 Å². The van der Waals surface area contributed by atoms with Crippen molar-refractivity contribution in [2.45, 2.75) is 17.9 Å². The summed E-state index contributed by atoms with van der Waals surface area (Å²) in [5.41, 5.74) is 0.790. The molecule has 1 N–H and O–H groups in total. The number of rotatable bonds is 4. The average Bonchev–Trinajstić information content (AvgIpc) is 2.42. The van der Waals surface area contributed by atoms with Crippen molar-refractivity contribution in [1.82, 2.24) is 9.62 Å². The SMILES string of the molecule is CNCc1cc(S(=O)(=O)N2CC=CCC2)ccc1Cl. The first-order valence-electron chi connectivity index (χ1n) is 6.14. The van der Waals surface area contributed by atoms with Crippen molar-refractivity contribution in [3.63, 3.8) is 0 Å². The van der Waals surface area contributed by atoms with E-state index in [0.29, 0.717) is 29.6 Å². The zero-order chi connectivity index (χ0) is 13.9. The lowest BCUT2D eigenvalue weighted by atomic mass is 10.2. The maximum Gasteiger partial charge on any atom is 0.243 e. The third-order valence-electron chi connectivity index (χ3n) is 3.04. The number of nitrogens with one attached hydrogen (secondary N) is 1.